The summed E-state index contributed by atoms with van der Waals surface area (Å²) >= 11 is 0. The van der Waals surface area contributed by atoms with E-state index in [0.29, 0.717) is 5.92 Å². The number of nitrogens with one attached hydrogen (secondary N) is 2. The number of hydrogen-bond donors (Lipinski definition) is 4. The van der Waals surface area contributed by atoms with Gasteiger partial charge < -0.3 is 31.3 Å². The lowest BCUT2D eigenvalue weighted by molar-refractivity contribution is -0.124. The van der Waals surface area contributed by atoms with Crippen LogP contribution < -0.4 is 16.4 Å². The number of hydrogen-bond acceptors (Lipinski definition) is 5. The Labute approximate surface area is 163 Å². The summed E-state index contributed by atoms with van der Waals surface area (Å²) in [7, 11) is 0. The number of piperidine rings is 2. The Morgan fingerprint density at radius 3 is 2.29 bits per heavy atom. The van der Waals surface area contributed by atoms with E-state index in [2.05, 4.69) is 44.7 Å². The van der Waals surface area contributed by atoms with Gasteiger partial charge >= 0.3 is 6.03 Å². The highest BCUT2D eigenvalue weighted by molar-refractivity contribution is 5.83. The van der Waals surface area contributed by atoms with E-state index >= 15 is 0 Å². The van der Waals surface area contributed by atoms with Gasteiger partial charge in [-0.2, -0.15) is 0 Å². The number of nitrogens with two attached hydrogens (primary N) is 1. The van der Waals surface area contributed by atoms with Gasteiger partial charge in [0.2, 0.25) is 5.91 Å². The van der Waals surface area contributed by atoms with Crippen LogP contribution in [0, 0.1) is 5.92 Å². The molecule has 5 N–H and O–H groups in total. The van der Waals surface area contributed by atoms with Crippen molar-refractivity contribution >= 4 is 18.4 Å². The summed E-state index contributed by atoms with van der Waals surface area (Å²) in [5.74, 6) is 0.220. The number of benzene rings is 1. The highest BCUT2D eigenvalue weighted by Gasteiger charge is 2.55. The average Bonchev–Trinajstić information content (AvgIpc) is 2.92. The molecule has 9 heteroatoms. The number of carbonyl (C=O) groups excluding carboxylic acids is 2. The predicted molar refractivity (Wildman–Crippen MR) is 103 cm³/mol. The summed E-state index contributed by atoms with van der Waals surface area (Å²) < 4.78 is 0. The van der Waals surface area contributed by atoms with Gasteiger partial charge in [-0.3, -0.25) is 9.59 Å². The number of nitrogens with zero attached hydrogens (tertiary/aromatic N) is 2. The topological polar surface area (TPSA) is 128 Å². The second kappa shape index (κ2) is 8.57. The molecule has 3 unspecified atom stereocenters. The van der Waals surface area contributed by atoms with Crippen molar-refractivity contribution in [2.75, 3.05) is 45.8 Å². The summed E-state index contributed by atoms with van der Waals surface area (Å²) in [4.78, 5) is 36.7. The largest absolute Gasteiger partial charge is 0.483 e. The Balaban J connectivity index is 0.000000706. The van der Waals surface area contributed by atoms with Crippen LogP contribution in [-0.4, -0.2) is 85.2 Å². The van der Waals surface area contributed by atoms with E-state index in [1.54, 1.807) is 0 Å². The van der Waals surface area contributed by atoms with Gasteiger partial charge in [0.25, 0.3) is 6.47 Å². The molecular weight excluding hydrogens is 362 g/mol. The molecule has 4 aliphatic rings. The molecule has 28 heavy (non-hydrogen) atoms. The summed E-state index contributed by atoms with van der Waals surface area (Å²) in [6, 6.07) is 9.93. The summed E-state index contributed by atoms with van der Waals surface area (Å²) in [5.41, 5.74) is 6.26. The third kappa shape index (κ3) is 4.10. The zero-order chi connectivity index (χ0) is 20.1. The van der Waals surface area contributed by atoms with Crippen LogP contribution in [0.4, 0.5) is 4.79 Å². The molecule has 5 rings (SSSR count). The summed E-state index contributed by atoms with van der Waals surface area (Å²) in [6.07, 6.45) is 0. The van der Waals surface area contributed by atoms with E-state index in [0.717, 1.165) is 39.3 Å². The Hall–Kier alpha value is -2.65. The van der Waals surface area contributed by atoms with Crippen molar-refractivity contribution in [3.63, 3.8) is 0 Å². The third-order valence-corrected chi connectivity index (χ3v) is 5.88. The van der Waals surface area contributed by atoms with Crippen LogP contribution in [0.15, 0.2) is 30.3 Å². The Morgan fingerprint density at radius 2 is 1.75 bits per heavy atom. The first-order valence-corrected chi connectivity index (χ1v) is 9.39. The third-order valence-electron chi connectivity index (χ3n) is 5.88. The first-order valence-electron chi connectivity index (χ1n) is 9.39. The molecule has 4 heterocycles. The molecule has 4 fully saturated rings. The Morgan fingerprint density at radius 1 is 1.18 bits per heavy atom. The van der Waals surface area contributed by atoms with Gasteiger partial charge in [0.15, 0.2) is 0 Å². The lowest BCUT2D eigenvalue weighted by Crippen LogP contribution is -2.71. The molecular formula is C19H27N5O4. The van der Waals surface area contributed by atoms with Crippen LogP contribution in [0.2, 0.25) is 0 Å². The Bertz CT molecular complexity index is 698. The first kappa shape index (κ1) is 20.1. The maximum absolute atomic E-state index is 12.4. The highest BCUT2D eigenvalue weighted by atomic mass is 16.3. The van der Waals surface area contributed by atoms with Gasteiger partial charge in [0.1, 0.15) is 0 Å². The summed E-state index contributed by atoms with van der Waals surface area (Å²) in [6.45, 7) is 5.80. The minimum atomic E-state index is -0.674. The van der Waals surface area contributed by atoms with Crippen molar-refractivity contribution in [2.24, 2.45) is 11.7 Å². The molecule has 4 aliphatic heterocycles. The average molecular weight is 389 g/mol. The fourth-order valence-electron chi connectivity index (χ4n) is 4.96. The number of primary amides is 1. The van der Waals surface area contributed by atoms with E-state index in [9.17, 15) is 9.59 Å². The molecule has 1 aromatic rings. The molecule has 3 atom stereocenters. The molecule has 4 bridgehead atoms. The second-order valence-corrected chi connectivity index (χ2v) is 7.62. The molecule has 0 radical (unpaired) electrons. The first-order chi connectivity index (χ1) is 13.5. The van der Waals surface area contributed by atoms with Crippen LogP contribution in [-0.2, 0) is 15.0 Å². The van der Waals surface area contributed by atoms with Crippen LogP contribution >= 0.6 is 0 Å². The Kier molecular flexibility index (Phi) is 6.15. The van der Waals surface area contributed by atoms with E-state index in [4.69, 9.17) is 15.6 Å². The van der Waals surface area contributed by atoms with Crippen LogP contribution in [0.5, 0.6) is 0 Å². The normalized spacial score (nSPS) is 32.4. The molecule has 0 aliphatic carbocycles. The standard InChI is InChI=1S/C18H25N5O2.CH2O2/c19-17(25)20-8-15(24)21-16-13-9-22-6-7-23(10-13)12-18(16,11-22)14-4-2-1-3-5-14;2-1-3/h1-5,13,16H,6-12H2,(H,21,24)(H3,19,20,25);1H,(H,2,3). The maximum Gasteiger partial charge on any atom is 0.312 e. The quantitative estimate of drug-likeness (QED) is 0.491. The zero-order valence-corrected chi connectivity index (χ0v) is 15.7. The van der Waals surface area contributed by atoms with Crippen molar-refractivity contribution in [3.05, 3.63) is 35.9 Å². The number of rotatable bonds is 4. The van der Waals surface area contributed by atoms with Gasteiger partial charge in [-0.15, -0.1) is 0 Å². The van der Waals surface area contributed by atoms with Crippen LogP contribution in [0.1, 0.15) is 5.56 Å². The molecule has 3 amide bonds. The van der Waals surface area contributed by atoms with E-state index in [1.165, 1.54) is 5.56 Å². The minimum absolute atomic E-state index is 0.0719. The highest BCUT2D eigenvalue weighted by Crippen LogP contribution is 2.43. The van der Waals surface area contributed by atoms with Gasteiger partial charge in [-0.25, -0.2) is 4.79 Å². The van der Waals surface area contributed by atoms with Gasteiger partial charge in [0, 0.05) is 56.6 Å². The number of fused-ring (bicyclic) bond motifs is 1. The molecule has 0 aromatic heterocycles. The molecule has 152 valence electrons. The monoisotopic (exact) mass is 389 g/mol. The van der Waals surface area contributed by atoms with E-state index < -0.39 is 6.03 Å². The zero-order valence-electron chi connectivity index (χ0n) is 15.7. The number of carboxylic acid groups (broad SMARTS) is 1. The fourth-order valence-corrected chi connectivity index (χ4v) is 4.96. The number of amides is 3. The van der Waals surface area contributed by atoms with Crippen molar-refractivity contribution < 1.29 is 19.5 Å². The van der Waals surface area contributed by atoms with Crippen molar-refractivity contribution in [1.82, 2.24) is 20.4 Å². The molecule has 0 spiro atoms. The minimum Gasteiger partial charge on any atom is -0.483 e. The summed E-state index contributed by atoms with van der Waals surface area (Å²) in [5, 5.41) is 12.5. The van der Waals surface area contributed by atoms with Crippen LogP contribution in [0.25, 0.3) is 0 Å². The molecule has 1 aromatic carbocycles. The SMILES string of the molecule is NC(=O)NCC(=O)NC1C2CN3CCN(C2)CC1(c1ccccc1)C3.O=CO. The second-order valence-electron chi connectivity index (χ2n) is 7.62. The smallest absolute Gasteiger partial charge is 0.312 e. The van der Waals surface area contributed by atoms with Crippen molar-refractivity contribution in [3.8, 4) is 0 Å². The molecule has 4 saturated heterocycles. The number of urea groups is 1. The van der Waals surface area contributed by atoms with Gasteiger partial charge in [-0.1, -0.05) is 30.3 Å². The maximum atomic E-state index is 12.4. The lowest BCUT2D eigenvalue weighted by atomic mass is 9.64. The van der Waals surface area contributed by atoms with E-state index in [1.807, 2.05) is 6.07 Å². The van der Waals surface area contributed by atoms with E-state index in [-0.39, 0.29) is 30.4 Å². The molecule has 0 saturated carbocycles. The van der Waals surface area contributed by atoms with Gasteiger partial charge in [0.05, 0.1) is 6.54 Å². The van der Waals surface area contributed by atoms with Crippen molar-refractivity contribution in [1.29, 1.82) is 0 Å². The number of carbonyl (C=O) groups is 3. The molecule has 9 nitrogen and oxygen atoms in total. The predicted octanol–water partition coefficient (Wildman–Crippen LogP) is -0.961. The van der Waals surface area contributed by atoms with Gasteiger partial charge in [-0.05, 0) is 5.56 Å². The van der Waals surface area contributed by atoms with Crippen molar-refractivity contribution in [2.45, 2.75) is 11.5 Å². The lowest BCUT2D eigenvalue weighted by Gasteiger charge is -2.55. The fraction of sp³-hybridized carbons (Fsp3) is 0.526. The van der Waals surface area contributed by atoms with Crippen LogP contribution in [0.3, 0.4) is 0 Å².